The van der Waals surface area contributed by atoms with E-state index in [1.54, 1.807) is 0 Å². The van der Waals surface area contributed by atoms with Crippen molar-refractivity contribution in [3.63, 3.8) is 0 Å². The van der Waals surface area contributed by atoms with Crippen LogP contribution < -0.4 is 5.32 Å². The van der Waals surface area contributed by atoms with Gasteiger partial charge in [0.2, 0.25) is 0 Å². The minimum absolute atomic E-state index is 0.672. The number of ether oxygens (including phenoxy) is 1. The summed E-state index contributed by atoms with van der Waals surface area (Å²) < 4.78 is 5.30. The van der Waals surface area contributed by atoms with Crippen molar-refractivity contribution in [1.29, 1.82) is 0 Å². The van der Waals surface area contributed by atoms with Crippen LogP contribution in [0, 0.1) is 5.92 Å². The van der Waals surface area contributed by atoms with Crippen molar-refractivity contribution >= 4 is 0 Å². The maximum Gasteiger partial charge on any atom is 0.0590 e. The standard InChI is InChI=1S/C12H27NO/c1-5-11(4)10-12(6-2)13-8-9-14-7-3/h11-13H,5-10H2,1-4H3. The van der Waals surface area contributed by atoms with Gasteiger partial charge >= 0.3 is 0 Å². The third-order valence-electron chi connectivity index (χ3n) is 2.76. The molecule has 0 rings (SSSR count). The van der Waals surface area contributed by atoms with E-state index in [2.05, 4.69) is 26.1 Å². The molecule has 0 aliphatic rings. The van der Waals surface area contributed by atoms with Crippen molar-refractivity contribution in [2.75, 3.05) is 19.8 Å². The highest BCUT2D eigenvalue weighted by molar-refractivity contribution is 4.67. The summed E-state index contributed by atoms with van der Waals surface area (Å²) in [7, 11) is 0. The molecule has 0 aromatic heterocycles. The monoisotopic (exact) mass is 201 g/mol. The Hall–Kier alpha value is -0.0800. The lowest BCUT2D eigenvalue weighted by atomic mass is 9.98. The van der Waals surface area contributed by atoms with Crippen LogP contribution in [0.1, 0.15) is 47.0 Å². The van der Waals surface area contributed by atoms with Crippen LogP contribution in [0.15, 0.2) is 0 Å². The smallest absolute Gasteiger partial charge is 0.0590 e. The summed E-state index contributed by atoms with van der Waals surface area (Å²) in [6, 6.07) is 0.672. The van der Waals surface area contributed by atoms with Crippen LogP contribution in [0.25, 0.3) is 0 Å². The van der Waals surface area contributed by atoms with Crippen LogP contribution >= 0.6 is 0 Å². The molecular formula is C12H27NO. The molecule has 0 heterocycles. The second-order valence-corrected chi connectivity index (χ2v) is 4.01. The van der Waals surface area contributed by atoms with E-state index >= 15 is 0 Å². The molecule has 0 amide bonds. The molecule has 0 saturated heterocycles. The Bertz CT molecular complexity index is 117. The maximum atomic E-state index is 5.30. The van der Waals surface area contributed by atoms with Gasteiger partial charge in [0.05, 0.1) is 6.61 Å². The van der Waals surface area contributed by atoms with Gasteiger partial charge in [-0.1, -0.05) is 27.2 Å². The zero-order chi connectivity index (χ0) is 10.8. The molecule has 0 spiro atoms. The zero-order valence-electron chi connectivity index (χ0n) is 10.3. The first-order chi connectivity index (χ1) is 6.74. The van der Waals surface area contributed by atoms with E-state index in [-0.39, 0.29) is 0 Å². The fraction of sp³-hybridized carbons (Fsp3) is 1.00. The zero-order valence-corrected chi connectivity index (χ0v) is 10.3. The molecule has 0 bridgehead atoms. The third-order valence-corrected chi connectivity index (χ3v) is 2.76. The predicted octanol–water partition coefficient (Wildman–Crippen LogP) is 2.83. The molecule has 1 N–H and O–H groups in total. The molecule has 2 atom stereocenters. The van der Waals surface area contributed by atoms with Gasteiger partial charge in [-0.2, -0.15) is 0 Å². The van der Waals surface area contributed by atoms with Crippen molar-refractivity contribution in [1.82, 2.24) is 5.32 Å². The predicted molar refractivity (Wildman–Crippen MR) is 62.6 cm³/mol. The lowest BCUT2D eigenvalue weighted by Crippen LogP contribution is -2.32. The first-order valence-electron chi connectivity index (χ1n) is 6.05. The maximum absolute atomic E-state index is 5.30. The first-order valence-corrected chi connectivity index (χ1v) is 6.05. The van der Waals surface area contributed by atoms with Crippen molar-refractivity contribution in [2.45, 2.75) is 53.0 Å². The topological polar surface area (TPSA) is 21.3 Å². The Labute approximate surface area is 89.4 Å². The van der Waals surface area contributed by atoms with E-state index in [0.717, 1.165) is 25.7 Å². The molecule has 0 aliphatic heterocycles. The van der Waals surface area contributed by atoms with E-state index < -0.39 is 0 Å². The largest absolute Gasteiger partial charge is 0.380 e. The highest BCUT2D eigenvalue weighted by Crippen LogP contribution is 2.11. The second-order valence-electron chi connectivity index (χ2n) is 4.01. The van der Waals surface area contributed by atoms with Crippen LogP contribution in [-0.2, 0) is 4.74 Å². The summed E-state index contributed by atoms with van der Waals surface area (Å²) in [6.07, 6.45) is 3.79. The van der Waals surface area contributed by atoms with Crippen molar-refractivity contribution < 1.29 is 4.74 Å². The SMILES string of the molecule is CCOCCNC(CC)CC(C)CC. The summed E-state index contributed by atoms with van der Waals surface area (Å²) in [5, 5.41) is 3.54. The van der Waals surface area contributed by atoms with Gasteiger partial charge in [0, 0.05) is 19.2 Å². The van der Waals surface area contributed by atoms with E-state index in [1.807, 2.05) is 6.92 Å². The third kappa shape index (κ3) is 7.34. The summed E-state index contributed by atoms with van der Waals surface area (Å²) in [5.41, 5.74) is 0. The quantitative estimate of drug-likeness (QED) is 0.579. The van der Waals surface area contributed by atoms with Gasteiger partial charge in [0.25, 0.3) is 0 Å². The molecule has 0 radical (unpaired) electrons. The summed E-state index contributed by atoms with van der Waals surface area (Å²) in [5.74, 6) is 0.833. The fourth-order valence-electron chi connectivity index (χ4n) is 1.53. The number of hydrogen-bond donors (Lipinski definition) is 1. The molecule has 0 aromatic rings. The van der Waals surface area contributed by atoms with Crippen LogP contribution in [0.4, 0.5) is 0 Å². The molecule has 14 heavy (non-hydrogen) atoms. The minimum Gasteiger partial charge on any atom is -0.380 e. The summed E-state index contributed by atoms with van der Waals surface area (Å²) in [4.78, 5) is 0. The van der Waals surface area contributed by atoms with Gasteiger partial charge in [-0.3, -0.25) is 0 Å². The van der Waals surface area contributed by atoms with Crippen molar-refractivity contribution in [2.24, 2.45) is 5.92 Å². The average Bonchev–Trinajstić information content (AvgIpc) is 2.22. The highest BCUT2D eigenvalue weighted by atomic mass is 16.5. The van der Waals surface area contributed by atoms with Gasteiger partial charge < -0.3 is 10.1 Å². The molecule has 0 fully saturated rings. The van der Waals surface area contributed by atoms with Gasteiger partial charge in [0.1, 0.15) is 0 Å². The summed E-state index contributed by atoms with van der Waals surface area (Å²) >= 11 is 0. The summed E-state index contributed by atoms with van der Waals surface area (Å²) in [6.45, 7) is 11.5. The van der Waals surface area contributed by atoms with Gasteiger partial charge in [-0.15, -0.1) is 0 Å². The van der Waals surface area contributed by atoms with E-state index in [1.165, 1.54) is 19.3 Å². The Morgan fingerprint density at radius 2 is 1.86 bits per heavy atom. The molecule has 2 unspecified atom stereocenters. The lowest BCUT2D eigenvalue weighted by Gasteiger charge is -2.20. The van der Waals surface area contributed by atoms with Crippen LogP contribution in [-0.4, -0.2) is 25.8 Å². The van der Waals surface area contributed by atoms with Crippen molar-refractivity contribution in [3.05, 3.63) is 0 Å². The Morgan fingerprint density at radius 1 is 1.14 bits per heavy atom. The number of nitrogens with one attached hydrogen (secondary N) is 1. The molecule has 2 heteroatoms. The normalized spacial score (nSPS) is 15.4. The molecular weight excluding hydrogens is 174 g/mol. The van der Waals surface area contributed by atoms with Gasteiger partial charge in [-0.25, -0.2) is 0 Å². The van der Waals surface area contributed by atoms with Crippen LogP contribution in [0.5, 0.6) is 0 Å². The van der Waals surface area contributed by atoms with Gasteiger partial charge in [0.15, 0.2) is 0 Å². The number of hydrogen-bond acceptors (Lipinski definition) is 2. The molecule has 2 nitrogen and oxygen atoms in total. The van der Waals surface area contributed by atoms with E-state index in [0.29, 0.717) is 6.04 Å². The highest BCUT2D eigenvalue weighted by Gasteiger charge is 2.08. The van der Waals surface area contributed by atoms with Crippen LogP contribution in [0.3, 0.4) is 0 Å². The Kier molecular flexibility index (Phi) is 9.42. The van der Waals surface area contributed by atoms with Crippen molar-refractivity contribution in [3.8, 4) is 0 Å². The molecule has 0 saturated carbocycles. The Balaban J connectivity index is 3.47. The fourth-order valence-corrected chi connectivity index (χ4v) is 1.53. The molecule has 0 aliphatic carbocycles. The lowest BCUT2D eigenvalue weighted by molar-refractivity contribution is 0.145. The second kappa shape index (κ2) is 9.47. The minimum atomic E-state index is 0.672. The number of rotatable bonds is 9. The van der Waals surface area contributed by atoms with Crippen LogP contribution in [0.2, 0.25) is 0 Å². The molecule has 86 valence electrons. The molecule has 0 aromatic carbocycles. The first kappa shape index (κ1) is 13.9. The average molecular weight is 201 g/mol. The Morgan fingerprint density at radius 3 is 2.36 bits per heavy atom. The van der Waals surface area contributed by atoms with E-state index in [4.69, 9.17) is 4.74 Å². The van der Waals surface area contributed by atoms with E-state index in [9.17, 15) is 0 Å². The van der Waals surface area contributed by atoms with Gasteiger partial charge in [-0.05, 0) is 25.7 Å².